The molecule has 1 heterocycles. The van der Waals surface area contributed by atoms with Crippen molar-refractivity contribution in [3.63, 3.8) is 0 Å². The first-order valence-corrected chi connectivity index (χ1v) is 10.4. The number of nitro groups is 1. The lowest BCUT2D eigenvalue weighted by Gasteiger charge is -2.21. The van der Waals surface area contributed by atoms with Gasteiger partial charge >= 0.3 is 0 Å². The average Bonchev–Trinajstić information content (AvgIpc) is 2.95. The maximum atomic E-state index is 12.4. The Labute approximate surface area is 183 Å². The van der Waals surface area contributed by atoms with E-state index in [1.54, 1.807) is 0 Å². The highest BCUT2D eigenvalue weighted by molar-refractivity contribution is 9.10. The molecule has 9 heteroatoms. The van der Waals surface area contributed by atoms with Crippen LogP contribution >= 0.6 is 15.9 Å². The summed E-state index contributed by atoms with van der Waals surface area (Å²) in [5, 5.41) is 22.5. The summed E-state index contributed by atoms with van der Waals surface area (Å²) in [6, 6.07) is 14.0. The Bertz CT molecular complexity index is 958. The number of non-ortho nitro benzene ring substituents is 1. The van der Waals surface area contributed by atoms with Crippen molar-refractivity contribution in [2.75, 3.05) is 38.0 Å². The Kier molecular flexibility index (Phi) is 7.52. The monoisotopic (exact) mass is 471 g/mol. The fourth-order valence-corrected chi connectivity index (χ4v) is 3.86. The number of rotatable bonds is 6. The lowest BCUT2D eigenvalue weighted by atomic mass is 10.1. The highest BCUT2D eigenvalue weighted by Crippen LogP contribution is 2.27. The number of nitrogens with one attached hydrogen (secondary N) is 1. The molecule has 30 heavy (non-hydrogen) atoms. The number of halogens is 1. The van der Waals surface area contributed by atoms with Crippen LogP contribution in [0, 0.1) is 21.4 Å². The van der Waals surface area contributed by atoms with Crippen LogP contribution in [0.3, 0.4) is 0 Å². The zero-order valence-electron chi connectivity index (χ0n) is 16.4. The summed E-state index contributed by atoms with van der Waals surface area (Å²) in [5.41, 5.74) is 2.31. The summed E-state index contributed by atoms with van der Waals surface area (Å²) in [4.78, 5) is 27.3. The molecule has 0 unspecified atom stereocenters. The van der Waals surface area contributed by atoms with E-state index in [-0.39, 0.29) is 18.1 Å². The van der Waals surface area contributed by atoms with Crippen LogP contribution in [0.4, 0.5) is 11.4 Å². The van der Waals surface area contributed by atoms with Crippen LogP contribution < -0.4 is 5.32 Å². The maximum absolute atomic E-state index is 12.4. The van der Waals surface area contributed by atoms with E-state index in [1.807, 2.05) is 24.3 Å². The van der Waals surface area contributed by atoms with Crippen LogP contribution in [-0.4, -0.2) is 53.4 Å². The lowest BCUT2D eigenvalue weighted by Crippen LogP contribution is -2.36. The van der Waals surface area contributed by atoms with E-state index in [0.29, 0.717) is 15.7 Å². The average molecular weight is 472 g/mol. The van der Waals surface area contributed by atoms with Gasteiger partial charge in [-0.25, -0.2) is 0 Å². The van der Waals surface area contributed by atoms with Crippen molar-refractivity contribution in [3.05, 3.63) is 68.2 Å². The van der Waals surface area contributed by atoms with Gasteiger partial charge in [0.05, 0.1) is 28.8 Å². The molecule has 0 bridgehead atoms. The number of nitrogens with zero attached hydrogens (tertiary/aromatic N) is 4. The Balaban J connectivity index is 1.50. The molecule has 1 N–H and O–H groups in total. The third kappa shape index (κ3) is 6.10. The van der Waals surface area contributed by atoms with Crippen molar-refractivity contribution in [2.45, 2.75) is 13.0 Å². The van der Waals surface area contributed by atoms with E-state index < -0.39 is 4.92 Å². The van der Waals surface area contributed by atoms with Gasteiger partial charge in [-0.05, 0) is 59.2 Å². The molecule has 1 saturated heterocycles. The molecule has 2 aromatic rings. The van der Waals surface area contributed by atoms with Gasteiger partial charge < -0.3 is 5.32 Å². The Morgan fingerprint density at radius 3 is 2.50 bits per heavy atom. The molecule has 1 aliphatic rings. The molecule has 0 aliphatic carbocycles. The molecule has 1 amide bonds. The minimum Gasteiger partial charge on any atom is -0.324 e. The van der Waals surface area contributed by atoms with E-state index >= 15 is 0 Å². The van der Waals surface area contributed by atoms with E-state index in [0.717, 1.165) is 39.1 Å². The fraction of sp³-hybridized carbons (Fsp3) is 0.333. The second-order valence-corrected chi connectivity index (χ2v) is 8.04. The maximum Gasteiger partial charge on any atom is 0.270 e. The van der Waals surface area contributed by atoms with Gasteiger partial charge in [0.25, 0.3) is 5.69 Å². The van der Waals surface area contributed by atoms with E-state index in [2.05, 4.69) is 37.1 Å². The van der Waals surface area contributed by atoms with Crippen molar-refractivity contribution in [3.8, 4) is 6.07 Å². The van der Waals surface area contributed by atoms with Crippen molar-refractivity contribution < 1.29 is 9.72 Å². The fourth-order valence-electron chi connectivity index (χ4n) is 3.40. The number of hydrogen-bond acceptors (Lipinski definition) is 6. The van der Waals surface area contributed by atoms with Crippen LogP contribution in [-0.2, 0) is 11.3 Å². The molecule has 0 spiro atoms. The zero-order valence-corrected chi connectivity index (χ0v) is 18.0. The minimum atomic E-state index is -0.475. The first kappa shape index (κ1) is 21.9. The van der Waals surface area contributed by atoms with Crippen LogP contribution in [0.1, 0.15) is 17.5 Å². The van der Waals surface area contributed by atoms with Gasteiger partial charge in [-0.1, -0.05) is 12.1 Å². The molecular weight excluding hydrogens is 450 g/mol. The molecule has 0 saturated carbocycles. The third-order valence-electron chi connectivity index (χ3n) is 4.98. The number of benzene rings is 2. The molecule has 3 rings (SSSR count). The number of amides is 1. The van der Waals surface area contributed by atoms with Crippen molar-refractivity contribution >= 4 is 33.2 Å². The van der Waals surface area contributed by atoms with E-state index in [4.69, 9.17) is 5.26 Å². The molecular formula is C21H22BrN5O3. The normalized spacial score (nSPS) is 15.2. The molecule has 1 aliphatic heterocycles. The SMILES string of the molecule is N#Cc1ccc(CN2CCCN(CC(=O)Nc3ccc([N+](=O)[O-])cc3Br)CC2)cc1. The van der Waals surface area contributed by atoms with Gasteiger partial charge in [0, 0.05) is 36.2 Å². The van der Waals surface area contributed by atoms with Crippen LogP contribution in [0.5, 0.6) is 0 Å². The van der Waals surface area contributed by atoms with Crippen LogP contribution in [0.25, 0.3) is 0 Å². The Morgan fingerprint density at radius 1 is 1.13 bits per heavy atom. The second kappa shape index (κ2) is 10.3. The third-order valence-corrected chi connectivity index (χ3v) is 5.63. The summed E-state index contributed by atoms with van der Waals surface area (Å²) in [7, 11) is 0. The molecule has 0 aromatic heterocycles. The summed E-state index contributed by atoms with van der Waals surface area (Å²) in [6.45, 7) is 4.51. The molecule has 8 nitrogen and oxygen atoms in total. The summed E-state index contributed by atoms with van der Waals surface area (Å²) < 4.78 is 0.481. The first-order valence-electron chi connectivity index (χ1n) is 9.62. The molecule has 2 aromatic carbocycles. The Morgan fingerprint density at radius 2 is 1.83 bits per heavy atom. The number of carbonyl (C=O) groups is 1. The van der Waals surface area contributed by atoms with E-state index in [1.165, 1.54) is 23.8 Å². The highest BCUT2D eigenvalue weighted by atomic mass is 79.9. The predicted octanol–water partition coefficient (Wildman–Crippen LogP) is 3.38. The first-order chi connectivity index (χ1) is 14.4. The van der Waals surface area contributed by atoms with Crippen molar-refractivity contribution in [2.24, 2.45) is 0 Å². The number of nitriles is 1. The number of anilines is 1. The van der Waals surface area contributed by atoms with E-state index in [9.17, 15) is 14.9 Å². The summed E-state index contributed by atoms with van der Waals surface area (Å²) in [6.07, 6.45) is 0.963. The Hall–Kier alpha value is -2.80. The van der Waals surface area contributed by atoms with Gasteiger partial charge in [-0.2, -0.15) is 5.26 Å². The van der Waals surface area contributed by atoms with Crippen LogP contribution in [0.2, 0.25) is 0 Å². The molecule has 0 radical (unpaired) electrons. The van der Waals surface area contributed by atoms with Crippen molar-refractivity contribution in [1.82, 2.24) is 9.80 Å². The van der Waals surface area contributed by atoms with Crippen molar-refractivity contribution in [1.29, 1.82) is 5.26 Å². The van der Waals surface area contributed by atoms with Crippen LogP contribution in [0.15, 0.2) is 46.9 Å². The quantitative estimate of drug-likeness (QED) is 0.511. The smallest absolute Gasteiger partial charge is 0.270 e. The highest BCUT2D eigenvalue weighted by Gasteiger charge is 2.18. The minimum absolute atomic E-state index is 0.0326. The number of nitro benzene ring substituents is 1. The largest absolute Gasteiger partial charge is 0.324 e. The molecule has 156 valence electrons. The van der Waals surface area contributed by atoms with Gasteiger partial charge in [0.1, 0.15) is 0 Å². The summed E-state index contributed by atoms with van der Waals surface area (Å²) in [5.74, 6) is -0.148. The number of hydrogen-bond donors (Lipinski definition) is 1. The second-order valence-electron chi connectivity index (χ2n) is 7.18. The topological polar surface area (TPSA) is 103 Å². The lowest BCUT2D eigenvalue weighted by molar-refractivity contribution is -0.384. The number of carbonyl (C=O) groups excluding carboxylic acids is 1. The van der Waals surface area contributed by atoms with Gasteiger partial charge in [-0.3, -0.25) is 24.7 Å². The molecule has 1 fully saturated rings. The zero-order chi connectivity index (χ0) is 21.5. The predicted molar refractivity (Wildman–Crippen MR) is 117 cm³/mol. The van der Waals surface area contributed by atoms with Gasteiger partial charge in [-0.15, -0.1) is 0 Å². The van der Waals surface area contributed by atoms with Gasteiger partial charge in [0.2, 0.25) is 5.91 Å². The summed E-state index contributed by atoms with van der Waals surface area (Å²) >= 11 is 3.27. The standard InChI is InChI=1S/C21H22BrN5O3/c22-19-12-18(27(29)30)6-7-20(19)24-21(28)15-26-9-1-8-25(10-11-26)14-17-4-2-16(13-23)3-5-17/h2-7,12H,1,8-11,14-15H2,(H,24,28). The van der Waals surface area contributed by atoms with Gasteiger partial charge in [0.15, 0.2) is 0 Å². The molecule has 0 atom stereocenters.